The normalized spacial score (nSPS) is 15.2. The molecule has 138 valence electrons. The van der Waals surface area contributed by atoms with E-state index in [1.807, 2.05) is 52.7 Å². The number of nitrogens with zero attached hydrogens (tertiary/aromatic N) is 5. The van der Waals surface area contributed by atoms with Gasteiger partial charge in [0.15, 0.2) is 6.10 Å². The molecule has 0 radical (unpaired) electrons. The largest absolute Gasteiger partial charge is 0.488 e. The molecule has 1 aliphatic heterocycles. The summed E-state index contributed by atoms with van der Waals surface area (Å²) in [7, 11) is 1.99. The van der Waals surface area contributed by atoms with Crippen LogP contribution in [-0.2, 0) is 13.6 Å². The Morgan fingerprint density at radius 2 is 2.21 bits per heavy atom. The molecule has 0 unspecified atom stereocenters. The Morgan fingerprint density at radius 3 is 2.96 bits per heavy atom. The van der Waals surface area contributed by atoms with Crippen molar-refractivity contribution >= 4 is 11.0 Å². The molecule has 1 aliphatic rings. The van der Waals surface area contributed by atoms with E-state index in [1.54, 1.807) is 18.3 Å². The molecule has 7 heteroatoms. The van der Waals surface area contributed by atoms with Crippen LogP contribution in [0, 0.1) is 11.3 Å². The van der Waals surface area contributed by atoms with Gasteiger partial charge in [0.1, 0.15) is 12.4 Å². The van der Waals surface area contributed by atoms with Crippen LogP contribution in [0.4, 0.5) is 0 Å². The summed E-state index contributed by atoms with van der Waals surface area (Å²) in [4.78, 5) is 8.96. The van der Waals surface area contributed by atoms with Crippen LogP contribution in [0.3, 0.4) is 0 Å². The predicted octanol–water partition coefficient (Wildman–Crippen LogP) is 3.15. The zero-order valence-electron chi connectivity index (χ0n) is 15.2. The molecule has 0 amide bonds. The number of fused-ring (bicyclic) bond motifs is 3. The molecular weight excluding hydrogens is 354 g/mol. The second kappa shape index (κ2) is 6.43. The number of hydrogen-bond acceptors (Lipinski definition) is 5. The van der Waals surface area contributed by atoms with Crippen molar-refractivity contribution in [3.63, 3.8) is 0 Å². The maximum absolute atomic E-state index is 9.01. The Bertz CT molecular complexity index is 1200. The minimum Gasteiger partial charge on any atom is -0.488 e. The molecule has 0 spiro atoms. The van der Waals surface area contributed by atoms with Gasteiger partial charge in [-0.25, -0.2) is 0 Å². The average molecular weight is 371 g/mol. The number of rotatable bonds is 4. The molecule has 0 saturated carbocycles. The number of aryl methyl sites for hydroxylation is 1. The van der Waals surface area contributed by atoms with Gasteiger partial charge in [0, 0.05) is 13.2 Å². The van der Waals surface area contributed by atoms with Gasteiger partial charge in [-0.3, -0.25) is 9.55 Å². The Morgan fingerprint density at radius 1 is 1.29 bits per heavy atom. The zero-order valence-corrected chi connectivity index (χ0v) is 15.2. The van der Waals surface area contributed by atoms with E-state index in [2.05, 4.69) is 16.0 Å². The first-order valence-corrected chi connectivity index (χ1v) is 8.99. The highest BCUT2D eigenvalue weighted by Gasteiger charge is 2.27. The Balaban J connectivity index is 1.25. The molecule has 0 saturated heterocycles. The van der Waals surface area contributed by atoms with Gasteiger partial charge < -0.3 is 14.0 Å². The van der Waals surface area contributed by atoms with E-state index in [1.165, 1.54) is 0 Å². The van der Waals surface area contributed by atoms with Gasteiger partial charge in [0.25, 0.3) is 6.01 Å². The summed E-state index contributed by atoms with van der Waals surface area (Å²) in [6.45, 7) is 1.07. The highest BCUT2D eigenvalue weighted by Crippen LogP contribution is 2.29. The molecule has 0 aliphatic carbocycles. The van der Waals surface area contributed by atoms with E-state index < -0.39 is 0 Å². The second-order valence-electron chi connectivity index (χ2n) is 6.75. The minimum absolute atomic E-state index is 0.116. The van der Waals surface area contributed by atoms with Crippen molar-refractivity contribution in [2.24, 2.45) is 7.05 Å². The molecule has 5 rings (SSSR count). The van der Waals surface area contributed by atoms with Crippen molar-refractivity contribution in [2.75, 3.05) is 6.61 Å². The lowest BCUT2D eigenvalue weighted by atomic mass is 10.2. The van der Waals surface area contributed by atoms with Crippen molar-refractivity contribution < 1.29 is 9.47 Å². The topological polar surface area (TPSA) is 77.9 Å². The van der Waals surface area contributed by atoms with E-state index in [0.29, 0.717) is 30.5 Å². The van der Waals surface area contributed by atoms with Crippen molar-refractivity contribution in [2.45, 2.75) is 12.6 Å². The molecule has 1 atom stereocenters. The highest BCUT2D eigenvalue weighted by molar-refractivity contribution is 5.78. The first kappa shape index (κ1) is 16.4. The van der Waals surface area contributed by atoms with Crippen molar-refractivity contribution in [3.05, 3.63) is 60.4 Å². The van der Waals surface area contributed by atoms with Crippen LogP contribution >= 0.6 is 0 Å². The first-order chi connectivity index (χ1) is 13.7. The van der Waals surface area contributed by atoms with E-state index in [-0.39, 0.29) is 6.10 Å². The summed E-state index contributed by atoms with van der Waals surface area (Å²) < 4.78 is 15.8. The number of aromatic nitrogens is 4. The lowest BCUT2D eigenvalue weighted by Crippen LogP contribution is -2.23. The SMILES string of the molecule is Cn1cccc1-c1ccc(OC[C@@H]2Cn3c(nc4cc(C#N)ccc43)O2)cn1. The van der Waals surface area contributed by atoms with Crippen LogP contribution in [0.2, 0.25) is 0 Å². The summed E-state index contributed by atoms with van der Waals surface area (Å²) in [5.74, 6) is 0.703. The van der Waals surface area contributed by atoms with E-state index in [4.69, 9.17) is 14.7 Å². The van der Waals surface area contributed by atoms with Gasteiger partial charge in [0.2, 0.25) is 0 Å². The molecule has 28 heavy (non-hydrogen) atoms. The Kier molecular flexibility index (Phi) is 3.76. The lowest BCUT2D eigenvalue weighted by Gasteiger charge is -2.12. The number of ether oxygens (including phenoxy) is 2. The highest BCUT2D eigenvalue weighted by atomic mass is 16.6. The maximum Gasteiger partial charge on any atom is 0.297 e. The van der Waals surface area contributed by atoms with Crippen molar-refractivity contribution in [3.8, 4) is 29.2 Å². The monoisotopic (exact) mass is 371 g/mol. The molecule has 1 aromatic carbocycles. The molecule has 4 heterocycles. The fraction of sp³-hybridized carbons (Fsp3) is 0.190. The molecular formula is C21H17N5O2. The summed E-state index contributed by atoms with van der Waals surface area (Å²) >= 11 is 0. The van der Waals surface area contributed by atoms with E-state index in [0.717, 1.165) is 22.4 Å². The van der Waals surface area contributed by atoms with Gasteiger partial charge in [-0.05, 0) is 42.5 Å². The Labute approximate surface area is 161 Å². The standard InChI is InChI=1S/C21H17N5O2/c1-25-8-2-3-19(25)17-6-5-15(11-23-17)27-13-16-12-26-20-7-4-14(10-22)9-18(20)24-21(26)28-16/h2-9,11,16H,12-13H2,1H3/t16-/m0/s1. The molecule has 3 aromatic heterocycles. The fourth-order valence-electron chi connectivity index (χ4n) is 3.45. The van der Waals surface area contributed by atoms with E-state index >= 15 is 0 Å². The number of imidazole rings is 1. The van der Waals surface area contributed by atoms with Crippen LogP contribution in [0.5, 0.6) is 11.8 Å². The number of pyridine rings is 1. The molecule has 7 nitrogen and oxygen atoms in total. The molecule has 0 fully saturated rings. The van der Waals surface area contributed by atoms with Crippen LogP contribution in [-0.4, -0.2) is 31.8 Å². The van der Waals surface area contributed by atoms with Gasteiger partial charge in [-0.1, -0.05) is 0 Å². The van der Waals surface area contributed by atoms with Gasteiger partial charge in [-0.15, -0.1) is 0 Å². The Hall–Kier alpha value is -3.79. The minimum atomic E-state index is -0.116. The zero-order chi connectivity index (χ0) is 19.1. The quantitative estimate of drug-likeness (QED) is 0.551. The van der Waals surface area contributed by atoms with Crippen LogP contribution < -0.4 is 9.47 Å². The second-order valence-corrected chi connectivity index (χ2v) is 6.75. The van der Waals surface area contributed by atoms with Gasteiger partial charge >= 0.3 is 0 Å². The third-order valence-electron chi connectivity index (χ3n) is 4.88. The number of benzene rings is 1. The number of nitriles is 1. The predicted molar refractivity (Wildman–Crippen MR) is 103 cm³/mol. The first-order valence-electron chi connectivity index (χ1n) is 8.99. The summed E-state index contributed by atoms with van der Waals surface area (Å²) in [5, 5.41) is 9.01. The smallest absolute Gasteiger partial charge is 0.297 e. The summed E-state index contributed by atoms with van der Waals surface area (Å²) in [6, 6.07) is 16.1. The van der Waals surface area contributed by atoms with Crippen LogP contribution in [0.25, 0.3) is 22.4 Å². The maximum atomic E-state index is 9.01. The average Bonchev–Trinajstić information content (AvgIpc) is 3.40. The third kappa shape index (κ3) is 2.76. The molecule has 0 bridgehead atoms. The van der Waals surface area contributed by atoms with Gasteiger partial charge in [-0.2, -0.15) is 10.2 Å². The summed E-state index contributed by atoms with van der Waals surface area (Å²) in [6.07, 6.45) is 3.61. The molecule has 0 N–H and O–H groups in total. The van der Waals surface area contributed by atoms with Crippen LogP contribution in [0.1, 0.15) is 5.56 Å². The van der Waals surface area contributed by atoms with Crippen LogP contribution in [0.15, 0.2) is 54.9 Å². The lowest BCUT2D eigenvalue weighted by molar-refractivity contribution is 0.143. The molecule has 4 aromatic rings. The van der Waals surface area contributed by atoms with Crippen molar-refractivity contribution in [1.82, 2.24) is 19.1 Å². The fourth-order valence-corrected chi connectivity index (χ4v) is 3.45. The summed E-state index contributed by atoms with van der Waals surface area (Å²) in [5.41, 5.74) is 4.29. The van der Waals surface area contributed by atoms with Crippen molar-refractivity contribution in [1.29, 1.82) is 5.26 Å². The third-order valence-corrected chi connectivity index (χ3v) is 4.88. The van der Waals surface area contributed by atoms with E-state index in [9.17, 15) is 0 Å². The van der Waals surface area contributed by atoms with Gasteiger partial charge in [0.05, 0.1) is 46.8 Å². The number of hydrogen-bond donors (Lipinski definition) is 0.